The van der Waals surface area contributed by atoms with E-state index in [9.17, 15) is 4.79 Å². The molecule has 1 atom stereocenters. The predicted octanol–water partition coefficient (Wildman–Crippen LogP) is 0.556. The van der Waals surface area contributed by atoms with E-state index < -0.39 is 5.91 Å². The molecule has 0 spiro atoms. The molecule has 2 heterocycles. The fourth-order valence-corrected chi connectivity index (χ4v) is 1.81. The second kappa shape index (κ2) is 4.67. The normalized spacial score (nSPS) is 23.6. The van der Waals surface area contributed by atoms with Gasteiger partial charge in [0.1, 0.15) is 5.82 Å². The van der Waals surface area contributed by atoms with Gasteiger partial charge in [-0.1, -0.05) is 0 Å². The van der Waals surface area contributed by atoms with Crippen LogP contribution in [0.5, 0.6) is 0 Å². The predicted molar refractivity (Wildman–Crippen MR) is 62.6 cm³/mol. The average Bonchev–Trinajstić information content (AvgIpc) is 2.75. The molecule has 1 fully saturated rings. The summed E-state index contributed by atoms with van der Waals surface area (Å²) in [5, 5.41) is 10.7. The third-order valence-corrected chi connectivity index (χ3v) is 2.86. The van der Waals surface area contributed by atoms with Gasteiger partial charge in [0.25, 0.3) is 5.91 Å². The maximum atomic E-state index is 10.8. The van der Waals surface area contributed by atoms with Crippen LogP contribution in [0, 0.1) is 0 Å². The molecule has 3 N–H and O–H groups in total. The van der Waals surface area contributed by atoms with Crippen molar-refractivity contribution in [1.82, 2.24) is 10.2 Å². The van der Waals surface area contributed by atoms with Crippen LogP contribution in [0.1, 0.15) is 30.3 Å². The summed E-state index contributed by atoms with van der Waals surface area (Å²) in [5.74, 6) is 0.0434. The van der Waals surface area contributed by atoms with Gasteiger partial charge < -0.3 is 15.8 Å². The molecule has 1 aliphatic rings. The highest BCUT2D eigenvalue weighted by molar-refractivity contribution is 5.90. The van der Waals surface area contributed by atoms with E-state index in [1.165, 1.54) is 0 Å². The van der Waals surface area contributed by atoms with Crippen LogP contribution < -0.4 is 11.1 Å². The number of ether oxygens (including phenoxy) is 1. The molecular formula is C11H16N4O2. The summed E-state index contributed by atoms with van der Waals surface area (Å²) >= 11 is 0. The lowest BCUT2D eigenvalue weighted by atomic mass is 10.0. The molecule has 1 aliphatic heterocycles. The van der Waals surface area contributed by atoms with E-state index in [0.29, 0.717) is 12.4 Å². The number of nitrogens with zero attached hydrogens (tertiary/aromatic N) is 2. The summed E-state index contributed by atoms with van der Waals surface area (Å²) in [6.07, 6.45) is 2.12. The highest BCUT2D eigenvalue weighted by atomic mass is 16.5. The molecule has 1 amide bonds. The number of carbonyl (C=O) groups is 1. The van der Waals surface area contributed by atoms with Gasteiger partial charge >= 0.3 is 0 Å². The van der Waals surface area contributed by atoms with E-state index >= 15 is 0 Å². The van der Waals surface area contributed by atoms with Gasteiger partial charge in [0.15, 0.2) is 5.69 Å². The molecule has 1 aromatic heterocycles. The number of rotatable bonds is 4. The summed E-state index contributed by atoms with van der Waals surface area (Å²) in [4.78, 5) is 10.8. The zero-order chi connectivity index (χ0) is 12.3. The Hall–Kier alpha value is -1.69. The first-order chi connectivity index (χ1) is 8.09. The second-order valence-corrected chi connectivity index (χ2v) is 4.42. The third-order valence-electron chi connectivity index (χ3n) is 2.86. The monoisotopic (exact) mass is 236 g/mol. The molecule has 6 nitrogen and oxygen atoms in total. The summed E-state index contributed by atoms with van der Waals surface area (Å²) in [5.41, 5.74) is 5.11. The van der Waals surface area contributed by atoms with E-state index in [2.05, 4.69) is 22.4 Å². The average molecular weight is 236 g/mol. The topological polar surface area (TPSA) is 90.1 Å². The van der Waals surface area contributed by atoms with Crippen molar-refractivity contribution in [3.8, 4) is 0 Å². The van der Waals surface area contributed by atoms with Crippen molar-refractivity contribution in [2.75, 3.05) is 18.5 Å². The summed E-state index contributed by atoms with van der Waals surface area (Å²) in [6, 6.07) is 3.24. The maximum absolute atomic E-state index is 10.8. The number of hydrogen-bond donors (Lipinski definition) is 2. The minimum absolute atomic E-state index is 0.135. The molecular weight excluding hydrogens is 220 g/mol. The largest absolute Gasteiger partial charge is 0.373 e. The van der Waals surface area contributed by atoms with Crippen molar-refractivity contribution < 1.29 is 9.53 Å². The zero-order valence-electron chi connectivity index (χ0n) is 9.77. The van der Waals surface area contributed by atoms with Crippen molar-refractivity contribution in [2.45, 2.75) is 25.4 Å². The van der Waals surface area contributed by atoms with Gasteiger partial charge in [-0.15, -0.1) is 10.2 Å². The van der Waals surface area contributed by atoms with Crippen molar-refractivity contribution in [2.24, 2.45) is 5.73 Å². The van der Waals surface area contributed by atoms with Crippen LogP contribution in [-0.2, 0) is 4.74 Å². The SMILES string of the molecule is CC1(CNc2ccc(C(N)=O)nn2)CCCO1. The molecule has 17 heavy (non-hydrogen) atoms. The molecule has 1 saturated heterocycles. The maximum Gasteiger partial charge on any atom is 0.269 e. The van der Waals surface area contributed by atoms with E-state index in [1.54, 1.807) is 12.1 Å². The highest BCUT2D eigenvalue weighted by Gasteiger charge is 2.29. The molecule has 0 aliphatic carbocycles. The van der Waals surface area contributed by atoms with Crippen molar-refractivity contribution >= 4 is 11.7 Å². The van der Waals surface area contributed by atoms with E-state index in [1.807, 2.05) is 0 Å². The molecule has 92 valence electrons. The number of hydrogen-bond acceptors (Lipinski definition) is 5. The Morgan fingerprint density at radius 1 is 1.59 bits per heavy atom. The van der Waals surface area contributed by atoms with Gasteiger partial charge in [-0.3, -0.25) is 4.79 Å². The number of nitrogens with two attached hydrogens (primary N) is 1. The number of anilines is 1. The van der Waals surface area contributed by atoms with Crippen molar-refractivity contribution in [1.29, 1.82) is 0 Å². The first kappa shape index (κ1) is 11.8. The molecule has 1 unspecified atom stereocenters. The fourth-order valence-electron chi connectivity index (χ4n) is 1.81. The zero-order valence-corrected chi connectivity index (χ0v) is 9.77. The van der Waals surface area contributed by atoms with Gasteiger partial charge in [0.2, 0.25) is 0 Å². The van der Waals surface area contributed by atoms with Crippen LogP contribution in [0.2, 0.25) is 0 Å². The Balaban J connectivity index is 1.93. The van der Waals surface area contributed by atoms with Crippen LogP contribution in [0.3, 0.4) is 0 Å². The molecule has 0 bridgehead atoms. The van der Waals surface area contributed by atoms with Crippen molar-refractivity contribution in [3.63, 3.8) is 0 Å². The number of carbonyl (C=O) groups excluding carboxylic acids is 1. The van der Waals surface area contributed by atoms with Gasteiger partial charge in [-0.05, 0) is 31.9 Å². The molecule has 2 rings (SSSR count). The van der Waals surface area contributed by atoms with Crippen LogP contribution in [0.4, 0.5) is 5.82 Å². The molecule has 0 saturated carbocycles. The van der Waals surface area contributed by atoms with Crippen LogP contribution in [0.15, 0.2) is 12.1 Å². The first-order valence-electron chi connectivity index (χ1n) is 5.60. The lowest BCUT2D eigenvalue weighted by molar-refractivity contribution is 0.0314. The van der Waals surface area contributed by atoms with E-state index in [0.717, 1.165) is 19.4 Å². The summed E-state index contributed by atoms with van der Waals surface area (Å²) < 4.78 is 5.64. The molecule has 0 radical (unpaired) electrons. The lowest BCUT2D eigenvalue weighted by Gasteiger charge is -2.23. The second-order valence-electron chi connectivity index (χ2n) is 4.42. The van der Waals surface area contributed by atoms with E-state index in [-0.39, 0.29) is 11.3 Å². The number of nitrogens with one attached hydrogen (secondary N) is 1. The van der Waals surface area contributed by atoms with Crippen LogP contribution >= 0.6 is 0 Å². The summed E-state index contributed by atoms with van der Waals surface area (Å²) in [6.45, 7) is 3.56. The smallest absolute Gasteiger partial charge is 0.269 e. The van der Waals surface area contributed by atoms with Crippen LogP contribution in [0.25, 0.3) is 0 Å². The number of primary amides is 1. The molecule has 1 aromatic rings. The Morgan fingerprint density at radius 2 is 2.41 bits per heavy atom. The van der Waals surface area contributed by atoms with E-state index in [4.69, 9.17) is 10.5 Å². The Morgan fingerprint density at radius 3 is 2.94 bits per heavy atom. The van der Waals surface area contributed by atoms with Gasteiger partial charge in [0.05, 0.1) is 5.60 Å². The van der Waals surface area contributed by atoms with Gasteiger partial charge in [0, 0.05) is 13.2 Å². The Kier molecular flexibility index (Phi) is 3.23. The fraction of sp³-hybridized carbons (Fsp3) is 0.545. The van der Waals surface area contributed by atoms with Gasteiger partial charge in [-0.2, -0.15) is 0 Å². The quantitative estimate of drug-likeness (QED) is 0.797. The molecule has 0 aromatic carbocycles. The standard InChI is InChI=1S/C11H16N4O2/c1-11(5-2-6-17-11)7-13-9-4-3-8(10(12)16)14-15-9/h3-4H,2,5-7H2,1H3,(H2,12,16)(H,13,15). The highest BCUT2D eigenvalue weighted by Crippen LogP contribution is 2.24. The van der Waals surface area contributed by atoms with Crippen LogP contribution in [-0.4, -0.2) is 34.9 Å². The Bertz CT molecular complexity index is 398. The number of aromatic nitrogens is 2. The third kappa shape index (κ3) is 2.91. The first-order valence-corrected chi connectivity index (χ1v) is 5.60. The lowest BCUT2D eigenvalue weighted by Crippen LogP contribution is -2.32. The number of amides is 1. The van der Waals surface area contributed by atoms with Gasteiger partial charge in [-0.25, -0.2) is 0 Å². The Labute approximate surface area is 99.6 Å². The molecule has 6 heteroatoms. The minimum Gasteiger partial charge on any atom is -0.373 e. The summed E-state index contributed by atoms with van der Waals surface area (Å²) in [7, 11) is 0. The van der Waals surface area contributed by atoms with Crippen molar-refractivity contribution in [3.05, 3.63) is 17.8 Å². The minimum atomic E-state index is -0.574.